The smallest absolute Gasteiger partial charge is 0.252 e. The van der Waals surface area contributed by atoms with Crippen molar-refractivity contribution in [2.45, 2.75) is 19.4 Å². The molecule has 8 heteroatoms. The minimum absolute atomic E-state index is 0.0506. The zero-order valence-corrected chi connectivity index (χ0v) is 15.0. The summed E-state index contributed by atoms with van der Waals surface area (Å²) in [6.07, 6.45) is 2.09. The van der Waals surface area contributed by atoms with Crippen LogP contribution >= 0.6 is 0 Å². The molecule has 0 unspecified atom stereocenters. The Morgan fingerprint density at radius 3 is 2.96 bits per heavy atom. The molecule has 2 atom stereocenters. The third-order valence-electron chi connectivity index (χ3n) is 5.07. The maximum Gasteiger partial charge on any atom is 0.252 e. The van der Waals surface area contributed by atoms with Crippen molar-refractivity contribution in [2.24, 2.45) is 11.7 Å². The standard InChI is InChI=1S/C19H21N3O5/c1-11-6-17(23)22-10-25-4-5-26-16-8-13-12(7-14(16)18(20)24)2-3-21-19(13)27-9-15(11)22/h2-3,7-8,11,15H,4-6,9-10H2,1H3,(H2,20,24)/t11-,15-/m1/s1. The summed E-state index contributed by atoms with van der Waals surface area (Å²) in [6, 6.07) is 5.10. The predicted octanol–water partition coefficient (Wildman–Crippen LogP) is 1.32. The van der Waals surface area contributed by atoms with Crippen molar-refractivity contribution in [1.82, 2.24) is 9.88 Å². The number of hydrogen-bond donors (Lipinski definition) is 1. The van der Waals surface area contributed by atoms with Crippen LogP contribution in [0, 0.1) is 5.92 Å². The van der Waals surface area contributed by atoms with Crippen molar-refractivity contribution >= 4 is 22.6 Å². The van der Waals surface area contributed by atoms with Gasteiger partial charge in [0.25, 0.3) is 5.91 Å². The van der Waals surface area contributed by atoms with E-state index in [2.05, 4.69) is 4.98 Å². The molecule has 2 amide bonds. The number of carbonyl (C=O) groups is 2. The number of primary amides is 1. The summed E-state index contributed by atoms with van der Waals surface area (Å²) >= 11 is 0. The number of pyridine rings is 1. The Kier molecular flexibility index (Phi) is 4.57. The van der Waals surface area contributed by atoms with E-state index in [-0.39, 0.29) is 37.8 Å². The number of rotatable bonds is 1. The van der Waals surface area contributed by atoms with E-state index in [1.807, 2.05) is 6.92 Å². The fourth-order valence-corrected chi connectivity index (χ4v) is 3.58. The second-order valence-electron chi connectivity index (χ2n) is 6.86. The van der Waals surface area contributed by atoms with Crippen LogP contribution in [0.15, 0.2) is 24.4 Å². The summed E-state index contributed by atoms with van der Waals surface area (Å²) in [4.78, 5) is 30.1. The lowest BCUT2D eigenvalue weighted by atomic mass is 10.0. The first kappa shape index (κ1) is 17.5. The van der Waals surface area contributed by atoms with Gasteiger partial charge in [-0.1, -0.05) is 6.92 Å². The topological polar surface area (TPSA) is 104 Å². The lowest BCUT2D eigenvalue weighted by Crippen LogP contribution is -2.41. The normalized spacial score (nSPS) is 23.0. The molecule has 0 saturated carbocycles. The van der Waals surface area contributed by atoms with E-state index in [9.17, 15) is 9.59 Å². The van der Waals surface area contributed by atoms with Gasteiger partial charge in [-0.25, -0.2) is 4.98 Å². The van der Waals surface area contributed by atoms with Crippen LogP contribution in [0.3, 0.4) is 0 Å². The first-order valence-electron chi connectivity index (χ1n) is 8.90. The molecule has 1 aromatic heterocycles. The van der Waals surface area contributed by atoms with Gasteiger partial charge in [0.15, 0.2) is 0 Å². The molecular weight excluding hydrogens is 350 g/mol. The van der Waals surface area contributed by atoms with E-state index in [1.165, 1.54) is 0 Å². The third kappa shape index (κ3) is 3.28. The Morgan fingerprint density at radius 1 is 1.30 bits per heavy atom. The number of nitrogens with two attached hydrogens (primary N) is 1. The van der Waals surface area contributed by atoms with Crippen molar-refractivity contribution in [1.29, 1.82) is 0 Å². The molecule has 1 saturated heterocycles. The van der Waals surface area contributed by atoms with Crippen LogP contribution in [0.4, 0.5) is 0 Å². The van der Waals surface area contributed by atoms with E-state index in [4.69, 9.17) is 19.9 Å². The first-order valence-corrected chi connectivity index (χ1v) is 8.90. The Bertz CT molecular complexity index is 900. The number of hydrogen-bond acceptors (Lipinski definition) is 6. The van der Waals surface area contributed by atoms with E-state index in [1.54, 1.807) is 29.3 Å². The van der Waals surface area contributed by atoms with Crippen molar-refractivity contribution in [3.8, 4) is 11.6 Å². The predicted molar refractivity (Wildman–Crippen MR) is 96.5 cm³/mol. The number of ether oxygens (including phenoxy) is 3. The zero-order chi connectivity index (χ0) is 19.0. The summed E-state index contributed by atoms with van der Waals surface area (Å²) < 4.78 is 17.3. The molecule has 1 fully saturated rings. The van der Waals surface area contributed by atoms with Crippen molar-refractivity contribution in [3.63, 3.8) is 0 Å². The summed E-state index contributed by atoms with van der Waals surface area (Å²) in [5, 5.41) is 1.50. The van der Waals surface area contributed by atoms with Gasteiger partial charge in [-0.15, -0.1) is 0 Å². The fraction of sp³-hybridized carbons (Fsp3) is 0.421. The highest BCUT2D eigenvalue weighted by Gasteiger charge is 2.37. The van der Waals surface area contributed by atoms with E-state index < -0.39 is 5.91 Å². The highest BCUT2D eigenvalue weighted by atomic mass is 16.5. The lowest BCUT2D eigenvalue weighted by molar-refractivity contribution is -0.135. The maximum absolute atomic E-state index is 12.3. The van der Waals surface area contributed by atoms with Crippen molar-refractivity contribution < 1.29 is 23.8 Å². The van der Waals surface area contributed by atoms with Gasteiger partial charge in [0, 0.05) is 18.0 Å². The van der Waals surface area contributed by atoms with Gasteiger partial charge in [-0.3, -0.25) is 9.59 Å². The molecule has 2 aliphatic heterocycles. The van der Waals surface area contributed by atoms with Crippen LogP contribution in [-0.4, -0.2) is 54.3 Å². The average molecular weight is 371 g/mol. The summed E-state index contributed by atoms with van der Waals surface area (Å²) in [6.45, 7) is 3.03. The zero-order valence-electron chi connectivity index (χ0n) is 15.0. The Hall–Kier alpha value is -2.87. The van der Waals surface area contributed by atoms with Gasteiger partial charge in [-0.05, 0) is 29.5 Å². The van der Waals surface area contributed by atoms with E-state index >= 15 is 0 Å². The van der Waals surface area contributed by atoms with Crippen LogP contribution in [0.25, 0.3) is 10.8 Å². The van der Waals surface area contributed by atoms with E-state index in [0.717, 1.165) is 10.8 Å². The quantitative estimate of drug-likeness (QED) is 0.811. The minimum atomic E-state index is -0.573. The molecule has 8 nitrogen and oxygen atoms in total. The molecule has 0 aliphatic carbocycles. The molecule has 2 aromatic rings. The Morgan fingerprint density at radius 2 is 2.15 bits per heavy atom. The van der Waals surface area contributed by atoms with Gasteiger partial charge in [0.05, 0.1) is 18.2 Å². The van der Waals surface area contributed by atoms with Gasteiger partial charge in [-0.2, -0.15) is 0 Å². The first-order chi connectivity index (χ1) is 13.0. The van der Waals surface area contributed by atoms with Gasteiger partial charge < -0.3 is 24.8 Å². The van der Waals surface area contributed by atoms with Gasteiger partial charge in [0.1, 0.15) is 25.7 Å². The second kappa shape index (κ2) is 7.03. The number of benzene rings is 1. The SMILES string of the molecule is C[C@@H]1CC(=O)N2COCCOc3cc4c(nccc4cc3C(N)=O)OC[C@H]12. The highest BCUT2D eigenvalue weighted by Crippen LogP contribution is 2.32. The molecule has 1 aromatic carbocycles. The monoisotopic (exact) mass is 371 g/mol. The minimum Gasteiger partial charge on any atom is -0.490 e. The number of carbonyl (C=O) groups excluding carboxylic acids is 2. The van der Waals surface area contributed by atoms with Crippen molar-refractivity contribution in [2.75, 3.05) is 26.6 Å². The highest BCUT2D eigenvalue weighted by molar-refractivity contribution is 6.01. The molecule has 142 valence electrons. The average Bonchev–Trinajstić information content (AvgIpc) is 2.91. The molecule has 2 N–H and O–H groups in total. The fourth-order valence-electron chi connectivity index (χ4n) is 3.58. The molecule has 27 heavy (non-hydrogen) atoms. The van der Waals surface area contributed by atoms with Crippen LogP contribution in [0.5, 0.6) is 11.6 Å². The summed E-state index contributed by atoms with van der Waals surface area (Å²) in [7, 11) is 0. The van der Waals surface area contributed by atoms with Crippen LogP contribution in [0.1, 0.15) is 23.7 Å². The largest absolute Gasteiger partial charge is 0.490 e. The Balaban J connectivity index is 1.74. The van der Waals surface area contributed by atoms with Crippen LogP contribution < -0.4 is 15.2 Å². The number of fused-ring (bicyclic) bond motifs is 2. The van der Waals surface area contributed by atoms with Crippen LogP contribution in [-0.2, 0) is 9.53 Å². The number of amides is 2. The summed E-state index contributed by atoms with van der Waals surface area (Å²) in [5.41, 5.74) is 5.78. The number of nitrogens with zero attached hydrogens (tertiary/aromatic N) is 2. The molecular formula is C19H21N3O5. The maximum atomic E-state index is 12.3. The molecule has 2 bridgehead atoms. The molecule has 0 radical (unpaired) electrons. The molecule has 3 heterocycles. The lowest BCUT2D eigenvalue weighted by Gasteiger charge is -2.26. The Labute approximate surface area is 156 Å². The summed E-state index contributed by atoms with van der Waals surface area (Å²) in [5.74, 6) is 0.432. The van der Waals surface area contributed by atoms with Crippen molar-refractivity contribution in [3.05, 3.63) is 30.0 Å². The third-order valence-corrected chi connectivity index (χ3v) is 5.07. The van der Waals surface area contributed by atoms with E-state index in [0.29, 0.717) is 30.2 Å². The second-order valence-corrected chi connectivity index (χ2v) is 6.86. The van der Waals surface area contributed by atoms with Crippen LogP contribution in [0.2, 0.25) is 0 Å². The molecule has 0 spiro atoms. The van der Waals surface area contributed by atoms with Gasteiger partial charge >= 0.3 is 0 Å². The molecule has 2 aliphatic rings. The van der Waals surface area contributed by atoms with Gasteiger partial charge in [0.2, 0.25) is 11.8 Å². The number of aromatic nitrogens is 1. The molecule has 4 rings (SSSR count).